The minimum absolute atomic E-state index is 0.112. The predicted molar refractivity (Wildman–Crippen MR) is 76.1 cm³/mol. The van der Waals surface area contributed by atoms with E-state index in [2.05, 4.69) is 10.3 Å². The number of nitrogens with two attached hydrogens (primary N) is 1. The van der Waals surface area contributed by atoms with Crippen LogP contribution in [0.25, 0.3) is 10.9 Å². The smallest absolute Gasteiger partial charge is 0.249 e. The standard InChI is InChI=1S/C14H13FN4O2/c1-7-14(21)18-11(20)6-19(7)13-9(15)5-10(16)8-3-2-4-17-12(8)13/h2-5,7H,6,16H2,1H3,(H,18,20,21). The molecule has 108 valence electrons. The van der Waals surface area contributed by atoms with Crippen LogP contribution in [0.15, 0.2) is 24.4 Å². The number of fused-ring (bicyclic) bond motifs is 1. The van der Waals surface area contributed by atoms with Gasteiger partial charge in [-0.15, -0.1) is 0 Å². The lowest BCUT2D eigenvalue weighted by Gasteiger charge is -2.34. The lowest BCUT2D eigenvalue weighted by Crippen LogP contribution is -2.57. The number of anilines is 2. The molecule has 2 aromatic rings. The lowest BCUT2D eigenvalue weighted by molar-refractivity contribution is -0.132. The zero-order valence-corrected chi connectivity index (χ0v) is 11.3. The first-order chi connectivity index (χ1) is 9.99. The Morgan fingerprint density at radius 3 is 3.00 bits per heavy atom. The maximum atomic E-state index is 14.4. The fourth-order valence-corrected chi connectivity index (χ4v) is 2.48. The summed E-state index contributed by atoms with van der Waals surface area (Å²) in [4.78, 5) is 28.9. The number of hydrogen-bond donors (Lipinski definition) is 2. The van der Waals surface area contributed by atoms with Crippen molar-refractivity contribution in [2.45, 2.75) is 13.0 Å². The van der Waals surface area contributed by atoms with Gasteiger partial charge in [-0.25, -0.2) is 4.39 Å². The van der Waals surface area contributed by atoms with Gasteiger partial charge in [-0.1, -0.05) is 0 Å². The molecule has 1 aromatic heterocycles. The van der Waals surface area contributed by atoms with Crippen molar-refractivity contribution in [2.24, 2.45) is 0 Å². The van der Waals surface area contributed by atoms with Gasteiger partial charge in [0, 0.05) is 17.3 Å². The Morgan fingerprint density at radius 1 is 1.48 bits per heavy atom. The number of hydrogen-bond acceptors (Lipinski definition) is 5. The molecule has 21 heavy (non-hydrogen) atoms. The fraction of sp³-hybridized carbons (Fsp3) is 0.214. The zero-order valence-electron chi connectivity index (χ0n) is 11.3. The van der Waals surface area contributed by atoms with Gasteiger partial charge >= 0.3 is 0 Å². The molecule has 1 saturated heterocycles. The van der Waals surface area contributed by atoms with Gasteiger partial charge in [-0.2, -0.15) is 0 Å². The Labute approximate surface area is 119 Å². The van der Waals surface area contributed by atoms with E-state index in [-0.39, 0.29) is 17.9 Å². The number of nitrogens with one attached hydrogen (secondary N) is 1. The zero-order chi connectivity index (χ0) is 15.1. The average molecular weight is 288 g/mol. The van der Waals surface area contributed by atoms with E-state index in [1.54, 1.807) is 19.1 Å². The van der Waals surface area contributed by atoms with Gasteiger partial charge in [-0.05, 0) is 25.1 Å². The molecule has 6 nitrogen and oxygen atoms in total. The van der Waals surface area contributed by atoms with Gasteiger partial charge in [0.2, 0.25) is 11.8 Å². The number of benzene rings is 1. The summed E-state index contributed by atoms with van der Waals surface area (Å²) in [5.74, 6) is -1.54. The molecule has 3 rings (SSSR count). The van der Waals surface area contributed by atoms with Crippen molar-refractivity contribution in [3.05, 3.63) is 30.2 Å². The van der Waals surface area contributed by atoms with Crippen molar-refractivity contribution >= 4 is 34.1 Å². The van der Waals surface area contributed by atoms with Gasteiger partial charge in [0.05, 0.1) is 12.1 Å². The number of aromatic nitrogens is 1. The lowest BCUT2D eigenvalue weighted by atomic mass is 10.1. The molecule has 2 amide bonds. The number of carbonyl (C=O) groups excluding carboxylic acids is 2. The molecule has 7 heteroatoms. The highest BCUT2D eigenvalue weighted by atomic mass is 19.1. The quantitative estimate of drug-likeness (QED) is 0.599. The molecule has 0 spiro atoms. The van der Waals surface area contributed by atoms with Crippen LogP contribution in [0.2, 0.25) is 0 Å². The Kier molecular flexibility index (Phi) is 2.97. The molecule has 2 heterocycles. The largest absolute Gasteiger partial charge is 0.398 e. The van der Waals surface area contributed by atoms with E-state index >= 15 is 0 Å². The van der Waals surface area contributed by atoms with Crippen LogP contribution < -0.4 is 16.0 Å². The summed E-state index contributed by atoms with van der Waals surface area (Å²) in [6.45, 7) is 1.49. The van der Waals surface area contributed by atoms with Crippen LogP contribution in [-0.2, 0) is 9.59 Å². The maximum absolute atomic E-state index is 14.4. The highest BCUT2D eigenvalue weighted by Gasteiger charge is 2.33. The number of rotatable bonds is 1. The first kappa shape index (κ1) is 13.3. The van der Waals surface area contributed by atoms with Gasteiger partial charge in [0.15, 0.2) is 5.82 Å². The van der Waals surface area contributed by atoms with Gasteiger partial charge in [0.25, 0.3) is 0 Å². The first-order valence-corrected chi connectivity index (χ1v) is 6.42. The van der Waals surface area contributed by atoms with Crippen molar-refractivity contribution in [3.63, 3.8) is 0 Å². The highest BCUT2D eigenvalue weighted by molar-refractivity contribution is 6.07. The summed E-state index contributed by atoms with van der Waals surface area (Å²) >= 11 is 0. The topological polar surface area (TPSA) is 88.3 Å². The number of carbonyl (C=O) groups is 2. The number of pyridine rings is 1. The van der Waals surface area contributed by atoms with Crippen LogP contribution in [0.5, 0.6) is 0 Å². The first-order valence-electron chi connectivity index (χ1n) is 6.42. The summed E-state index contributed by atoms with van der Waals surface area (Å²) in [5, 5.41) is 2.80. The number of halogens is 1. The molecule has 1 aromatic carbocycles. The summed E-state index contributed by atoms with van der Waals surface area (Å²) in [7, 11) is 0. The molecule has 0 aliphatic carbocycles. The molecule has 0 radical (unpaired) electrons. The van der Waals surface area contributed by atoms with E-state index in [0.717, 1.165) is 0 Å². The molecule has 0 saturated carbocycles. The van der Waals surface area contributed by atoms with E-state index in [1.807, 2.05) is 0 Å². The number of imide groups is 1. The van der Waals surface area contributed by atoms with Crippen molar-refractivity contribution in [1.29, 1.82) is 0 Å². The van der Waals surface area contributed by atoms with Gasteiger partial charge in [-0.3, -0.25) is 19.9 Å². The van der Waals surface area contributed by atoms with Crippen LogP contribution in [0.3, 0.4) is 0 Å². The molecule has 1 fully saturated rings. The van der Waals surface area contributed by atoms with E-state index in [9.17, 15) is 14.0 Å². The summed E-state index contributed by atoms with van der Waals surface area (Å²) < 4.78 is 14.4. The Morgan fingerprint density at radius 2 is 2.24 bits per heavy atom. The Bertz CT molecular complexity index is 762. The third-order valence-corrected chi connectivity index (χ3v) is 3.56. The van der Waals surface area contributed by atoms with Gasteiger partial charge in [0.1, 0.15) is 11.7 Å². The second kappa shape index (κ2) is 4.69. The second-order valence-electron chi connectivity index (χ2n) is 4.91. The fourth-order valence-electron chi connectivity index (χ4n) is 2.48. The van der Waals surface area contributed by atoms with Crippen molar-refractivity contribution in [2.75, 3.05) is 17.2 Å². The highest BCUT2D eigenvalue weighted by Crippen LogP contribution is 2.33. The van der Waals surface area contributed by atoms with E-state index in [1.165, 1.54) is 17.2 Å². The van der Waals surface area contributed by atoms with Crippen LogP contribution in [0.1, 0.15) is 6.92 Å². The normalized spacial score (nSPS) is 19.0. The van der Waals surface area contributed by atoms with Crippen molar-refractivity contribution in [3.8, 4) is 0 Å². The molecular weight excluding hydrogens is 275 g/mol. The molecular formula is C14H13FN4O2. The molecule has 1 aliphatic rings. The third kappa shape index (κ3) is 2.06. The third-order valence-electron chi connectivity index (χ3n) is 3.56. The summed E-state index contributed by atoms with van der Waals surface area (Å²) in [5.41, 5.74) is 6.52. The van der Waals surface area contributed by atoms with Crippen molar-refractivity contribution in [1.82, 2.24) is 10.3 Å². The molecule has 1 atom stereocenters. The van der Waals surface area contributed by atoms with Crippen LogP contribution in [0, 0.1) is 5.82 Å². The number of nitrogen functional groups attached to an aromatic ring is 1. The van der Waals surface area contributed by atoms with E-state index < -0.39 is 23.7 Å². The van der Waals surface area contributed by atoms with Crippen LogP contribution >= 0.6 is 0 Å². The van der Waals surface area contributed by atoms with Gasteiger partial charge < -0.3 is 10.6 Å². The van der Waals surface area contributed by atoms with Crippen LogP contribution in [-0.4, -0.2) is 29.4 Å². The number of piperazine rings is 1. The molecule has 1 aliphatic heterocycles. The van der Waals surface area contributed by atoms with Crippen molar-refractivity contribution < 1.29 is 14.0 Å². The minimum atomic E-state index is -0.675. The molecule has 0 bridgehead atoms. The Hall–Kier alpha value is -2.70. The average Bonchev–Trinajstić information content (AvgIpc) is 2.44. The summed E-state index contributed by atoms with van der Waals surface area (Å²) in [6.07, 6.45) is 1.52. The second-order valence-corrected chi connectivity index (χ2v) is 4.91. The Balaban J connectivity index is 2.24. The number of amides is 2. The monoisotopic (exact) mass is 288 g/mol. The van der Waals surface area contributed by atoms with E-state index in [4.69, 9.17) is 5.73 Å². The van der Waals surface area contributed by atoms with E-state index in [0.29, 0.717) is 10.9 Å². The molecule has 3 N–H and O–H groups in total. The summed E-state index contributed by atoms with van der Waals surface area (Å²) in [6, 6.07) is 3.92. The minimum Gasteiger partial charge on any atom is -0.398 e. The number of nitrogens with zero attached hydrogens (tertiary/aromatic N) is 2. The van der Waals surface area contributed by atoms with Crippen LogP contribution in [0.4, 0.5) is 15.8 Å². The molecule has 1 unspecified atom stereocenters. The predicted octanol–water partition coefficient (Wildman–Crippen LogP) is 0.807. The maximum Gasteiger partial charge on any atom is 0.249 e. The SMILES string of the molecule is CC1C(=O)NC(=O)CN1c1c(F)cc(N)c2cccnc12.